The highest BCUT2D eigenvalue weighted by Gasteiger charge is 2.60. The van der Waals surface area contributed by atoms with Crippen molar-refractivity contribution in [1.29, 1.82) is 0 Å². The Morgan fingerprint density at radius 2 is 1.89 bits per heavy atom. The van der Waals surface area contributed by atoms with Gasteiger partial charge >= 0.3 is 0 Å². The first-order valence-corrected chi connectivity index (χ1v) is 10.2. The van der Waals surface area contributed by atoms with E-state index in [4.69, 9.17) is 0 Å². The van der Waals surface area contributed by atoms with Gasteiger partial charge in [0.15, 0.2) is 0 Å². The summed E-state index contributed by atoms with van der Waals surface area (Å²) < 4.78 is 2.04. The third-order valence-corrected chi connectivity index (χ3v) is 6.83. The Hall–Kier alpha value is -2.70. The van der Waals surface area contributed by atoms with Gasteiger partial charge in [-0.15, -0.1) is 0 Å². The molecule has 0 radical (unpaired) electrons. The number of imidazole rings is 1. The zero-order valence-corrected chi connectivity index (χ0v) is 15.9. The van der Waals surface area contributed by atoms with E-state index in [1.54, 1.807) is 6.33 Å². The van der Waals surface area contributed by atoms with Gasteiger partial charge < -0.3 is 9.88 Å². The zero-order valence-electron chi connectivity index (χ0n) is 15.9. The molecule has 1 N–H and O–H groups in total. The van der Waals surface area contributed by atoms with Crippen molar-refractivity contribution >= 4 is 34.4 Å². The predicted molar refractivity (Wildman–Crippen MR) is 103 cm³/mol. The van der Waals surface area contributed by atoms with Crippen LogP contribution in [0, 0.1) is 23.7 Å². The number of likely N-dealkylation sites (tertiary alicyclic amines) is 1. The van der Waals surface area contributed by atoms with Crippen LogP contribution in [0.5, 0.6) is 0 Å². The van der Waals surface area contributed by atoms with Gasteiger partial charge in [-0.05, 0) is 56.2 Å². The molecule has 5 rings (SSSR count). The van der Waals surface area contributed by atoms with Crippen LogP contribution >= 0.6 is 0 Å². The fourth-order valence-electron chi connectivity index (χ4n) is 5.52. The van der Waals surface area contributed by atoms with Gasteiger partial charge in [0.2, 0.25) is 17.7 Å². The second-order valence-electron chi connectivity index (χ2n) is 8.25. The van der Waals surface area contributed by atoms with Crippen LogP contribution in [0.1, 0.15) is 32.6 Å². The molecule has 1 saturated heterocycles. The quantitative estimate of drug-likeness (QED) is 0.808. The number of hydrogen-bond acceptors (Lipinski definition) is 4. The second kappa shape index (κ2) is 6.43. The van der Waals surface area contributed by atoms with Crippen molar-refractivity contribution in [2.45, 2.75) is 39.2 Å². The van der Waals surface area contributed by atoms with Gasteiger partial charge in [-0.1, -0.05) is 0 Å². The molecule has 2 aliphatic carbocycles. The van der Waals surface area contributed by atoms with Crippen LogP contribution in [0.3, 0.4) is 0 Å². The number of benzene rings is 1. The summed E-state index contributed by atoms with van der Waals surface area (Å²) in [5.41, 5.74) is 2.52. The topological polar surface area (TPSA) is 84.3 Å². The smallest absolute Gasteiger partial charge is 0.233 e. The van der Waals surface area contributed by atoms with Gasteiger partial charge in [0, 0.05) is 25.2 Å². The molecule has 1 aromatic carbocycles. The molecular formula is C21H24N4O3. The lowest BCUT2D eigenvalue weighted by atomic mass is 9.81. The summed E-state index contributed by atoms with van der Waals surface area (Å²) in [6.07, 6.45) is 5.06. The summed E-state index contributed by atoms with van der Waals surface area (Å²) in [6.45, 7) is 3.06. The van der Waals surface area contributed by atoms with Crippen molar-refractivity contribution in [3.8, 4) is 0 Å². The lowest BCUT2D eigenvalue weighted by molar-refractivity contribution is -0.140. The monoisotopic (exact) mass is 380 g/mol. The number of imide groups is 1. The summed E-state index contributed by atoms with van der Waals surface area (Å²) in [4.78, 5) is 43.5. The number of hydrogen-bond donors (Lipinski definition) is 1. The fraction of sp³-hybridized carbons (Fsp3) is 0.524. The van der Waals surface area contributed by atoms with E-state index in [0.717, 1.165) is 36.8 Å². The first kappa shape index (κ1) is 17.4. The van der Waals surface area contributed by atoms with E-state index in [1.165, 1.54) is 4.90 Å². The van der Waals surface area contributed by atoms with Gasteiger partial charge in [0.1, 0.15) is 0 Å². The molecule has 3 amide bonds. The third kappa shape index (κ3) is 2.56. The number of amides is 3. The molecule has 7 heteroatoms. The number of nitrogens with zero attached hydrogens (tertiary/aromatic N) is 3. The normalized spacial score (nSPS) is 28.4. The number of carbonyl (C=O) groups excluding carboxylic acids is 3. The minimum Gasteiger partial charge on any atom is -0.331 e. The number of aryl methyl sites for hydroxylation is 1. The van der Waals surface area contributed by atoms with E-state index in [1.807, 2.05) is 22.8 Å². The number of nitrogens with one attached hydrogen (secondary N) is 1. The molecule has 2 aromatic rings. The number of aromatic nitrogens is 2. The Kier molecular flexibility index (Phi) is 4.00. The van der Waals surface area contributed by atoms with Gasteiger partial charge in [-0.2, -0.15) is 0 Å². The standard InChI is InChI=1S/C21H24N4O3/c1-2-24-11-22-15-10-14(5-6-16(15)24)23-17(26)7-8-25-20(27)18-12-3-4-13(9-12)19(18)21(25)28/h5-6,10-13,18-19H,2-4,7-9H2,1H3,(H,23,26)/t12-,13-,18-,19+/m0/s1. The number of anilines is 1. The lowest BCUT2D eigenvalue weighted by Gasteiger charge is -2.19. The molecule has 28 heavy (non-hydrogen) atoms. The zero-order chi connectivity index (χ0) is 19.4. The molecule has 0 unspecified atom stereocenters. The van der Waals surface area contributed by atoms with Crippen molar-refractivity contribution < 1.29 is 14.4 Å². The maximum atomic E-state index is 12.7. The van der Waals surface area contributed by atoms with Crippen molar-refractivity contribution in [3.05, 3.63) is 24.5 Å². The summed E-state index contributed by atoms with van der Waals surface area (Å²) in [5, 5.41) is 2.86. The molecule has 1 aromatic heterocycles. The number of carbonyl (C=O) groups is 3. The second-order valence-corrected chi connectivity index (χ2v) is 8.25. The van der Waals surface area contributed by atoms with Crippen LogP contribution in [0.15, 0.2) is 24.5 Å². The van der Waals surface area contributed by atoms with Crippen molar-refractivity contribution in [1.82, 2.24) is 14.5 Å². The Morgan fingerprint density at radius 3 is 2.57 bits per heavy atom. The molecule has 2 saturated carbocycles. The highest BCUT2D eigenvalue weighted by molar-refractivity contribution is 6.06. The van der Waals surface area contributed by atoms with E-state index >= 15 is 0 Å². The number of fused-ring (bicyclic) bond motifs is 6. The SMILES string of the molecule is CCn1cnc2cc(NC(=O)CCN3C(=O)[C@@H]4[C@H]5CC[C@@H](C5)[C@@H]4C3=O)ccc21. The number of rotatable bonds is 5. The molecule has 2 bridgehead atoms. The van der Waals surface area contributed by atoms with E-state index in [-0.39, 0.29) is 42.5 Å². The van der Waals surface area contributed by atoms with Gasteiger partial charge in [-0.25, -0.2) is 4.98 Å². The Morgan fingerprint density at radius 1 is 1.18 bits per heavy atom. The highest BCUT2D eigenvalue weighted by atomic mass is 16.2. The van der Waals surface area contributed by atoms with Crippen LogP contribution in [0.25, 0.3) is 11.0 Å². The molecular weight excluding hydrogens is 356 g/mol. The van der Waals surface area contributed by atoms with Crippen LogP contribution in [0.4, 0.5) is 5.69 Å². The Bertz CT molecular complexity index is 953. The summed E-state index contributed by atoms with van der Waals surface area (Å²) in [5.74, 6) is 0.202. The van der Waals surface area contributed by atoms with Gasteiger partial charge in [0.05, 0.1) is 29.2 Å². The summed E-state index contributed by atoms with van der Waals surface area (Å²) in [6, 6.07) is 5.63. The maximum absolute atomic E-state index is 12.7. The maximum Gasteiger partial charge on any atom is 0.233 e. The minimum absolute atomic E-state index is 0.0541. The predicted octanol–water partition coefficient (Wildman–Crippen LogP) is 2.42. The van der Waals surface area contributed by atoms with E-state index in [9.17, 15) is 14.4 Å². The first-order chi connectivity index (χ1) is 13.6. The minimum atomic E-state index is -0.199. The summed E-state index contributed by atoms with van der Waals surface area (Å²) in [7, 11) is 0. The van der Waals surface area contributed by atoms with Gasteiger partial charge in [-0.3, -0.25) is 19.3 Å². The van der Waals surface area contributed by atoms with Gasteiger partial charge in [0.25, 0.3) is 0 Å². The molecule has 4 atom stereocenters. The van der Waals surface area contributed by atoms with Crippen LogP contribution in [-0.2, 0) is 20.9 Å². The molecule has 3 fully saturated rings. The molecule has 0 spiro atoms. The largest absolute Gasteiger partial charge is 0.331 e. The van der Waals surface area contributed by atoms with Crippen LogP contribution in [-0.4, -0.2) is 38.7 Å². The van der Waals surface area contributed by atoms with E-state index in [2.05, 4.69) is 17.2 Å². The van der Waals surface area contributed by atoms with E-state index < -0.39 is 0 Å². The Balaban J connectivity index is 1.22. The van der Waals surface area contributed by atoms with Crippen molar-refractivity contribution in [2.24, 2.45) is 23.7 Å². The molecule has 1 aliphatic heterocycles. The highest BCUT2D eigenvalue weighted by Crippen LogP contribution is 2.56. The average Bonchev–Trinajstić information content (AvgIpc) is 3.44. The first-order valence-electron chi connectivity index (χ1n) is 10.2. The van der Waals surface area contributed by atoms with Crippen molar-refractivity contribution in [3.63, 3.8) is 0 Å². The molecule has 7 nitrogen and oxygen atoms in total. The van der Waals surface area contributed by atoms with Crippen LogP contribution < -0.4 is 5.32 Å². The molecule has 146 valence electrons. The molecule has 3 aliphatic rings. The fourth-order valence-corrected chi connectivity index (χ4v) is 5.52. The summed E-state index contributed by atoms with van der Waals surface area (Å²) >= 11 is 0. The Labute approximate surface area is 163 Å². The van der Waals surface area contributed by atoms with Crippen LogP contribution in [0.2, 0.25) is 0 Å². The average molecular weight is 380 g/mol. The lowest BCUT2D eigenvalue weighted by Crippen LogP contribution is -2.35. The molecule has 2 heterocycles. The van der Waals surface area contributed by atoms with E-state index in [0.29, 0.717) is 17.5 Å². The van der Waals surface area contributed by atoms with Crippen molar-refractivity contribution in [2.75, 3.05) is 11.9 Å². The third-order valence-electron chi connectivity index (χ3n) is 6.83.